The summed E-state index contributed by atoms with van der Waals surface area (Å²) in [5, 5.41) is 8.18. The second-order valence-corrected chi connectivity index (χ2v) is 6.99. The summed E-state index contributed by atoms with van der Waals surface area (Å²) in [4.78, 5) is 0.182. The Hall–Kier alpha value is -0.630. The molecule has 0 spiro atoms. The highest BCUT2D eigenvalue weighted by Gasteiger charge is 2.23. The van der Waals surface area contributed by atoms with E-state index in [-0.39, 0.29) is 23.7 Å². The lowest BCUT2D eigenvalue weighted by Crippen LogP contribution is -2.35. The quantitative estimate of drug-likeness (QED) is 0.439. The van der Waals surface area contributed by atoms with Crippen molar-refractivity contribution in [2.75, 3.05) is 18.4 Å². The number of benzene rings is 1. The van der Waals surface area contributed by atoms with Gasteiger partial charge in [0, 0.05) is 29.9 Å². The van der Waals surface area contributed by atoms with Gasteiger partial charge in [0.25, 0.3) is 0 Å². The van der Waals surface area contributed by atoms with Gasteiger partial charge in [-0.15, -0.1) is 0 Å². The van der Waals surface area contributed by atoms with E-state index in [2.05, 4.69) is 15.9 Å². The van der Waals surface area contributed by atoms with Gasteiger partial charge in [0.1, 0.15) is 0 Å². The van der Waals surface area contributed by atoms with Crippen LogP contribution in [-0.4, -0.2) is 37.0 Å². The fourth-order valence-electron chi connectivity index (χ4n) is 1.45. The van der Waals surface area contributed by atoms with Crippen LogP contribution in [0.2, 0.25) is 5.02 Å². The molecule has 0 aliphatic rings. The van der Waals surface area contributed by atoms with Crippen molar-refractivity contribution in [2.24, 2.45) is 5.73 Å². The number of hydrogen-bond donors (Lipinski definition) is 2. The van der Waals surface area contributed by atoms with Gasteiger partial charge >= 0.3 is 0 Å². The average molecular weight is 369 g/mol. The standard InChI is InChI=1S/C11H15BrClN3O2S/c12-6-8-16(7-5-11(14)15)19(17,18)10-3-1-9(13)2-4-10/h1-4H,5-8H2,(H3,14,15). The Labute approximate surface area is 126 Å². The maximum absolute atomic E-state index is 12.4. The number of rotatable bonds is 7. The zero-order chi connectivity index (χ0) is 14.5. The summed E-state index contributed by atoms with van der Waals surface area (Å²) in [7, 11) is -3.58. The molecule has 0 aliphatic heterocycles. The first kappa shape index (κ1) is 16.4. The first-order valence-electron chi connectivity index (χ1n) is 5.52. The number of alkyl halides is 1. The smallest absolute Gasteiger partial charge is 0.243 e. The molecule has 1 aromatic carbocycles. The molecule has 0 heterocycles. The molecule has 0 bridgehead atoms. The Bertz CT molecular complexity index is 533. The van der Waals surface area contributed by atoms with Crippen LogP contribution < -0.4 is 5.73 Å². The monoisotopic (exact) mass is 367 g/mol. The van der Waals surface area contributed by atoms with E-state index in [0.717, 1.165) is 0 Å². The lowest BCUT2D eigenvalue weighted by atomic mass is 10.4. The van der Waals surface area contributed by atoms with Crippen molar-refractivity contribution < 1.29 is 8.42 Å². The third kappa shape index (κ3) is 4.76. The molecule has 0 aliphatic carbocycles. The van der Waals surface area contributed by atoms with Crippen LogP contribution in [0.4, 0.5) is 0 Å². The Morgan fingerprint density at radius 2 is 1.89 bits per heavy atom. The molecule has 0 atom stereocenters. The van der Waals surface area contributed by atoms with Crippen LogP contribution in [0.5, 0.6) is 0 Å². The van der Waals surface area contributed by atoms with Crippen molar-refractivity contribution in [3.05, 3.63) is 29.3 Å². The minimum atomic E-state index is -3.58. The summed E-state index contributed by atoms with van der Waals surface area (Å²) in [6.07, 6.45) is 0.208. The van der Waals surface area contributed by atoms with Crippen LogP contribution in [0.3, 0.4) is 0 Å². The second-order valence-electron chi connectivity index (χ2n) is 3.82. The highest BCUT2D eigenvalue weighted by Crippen LogP contribution is 2.18. The zero-order valence-corrected chi connectivity index (χ0v) is 13.3. The molecule has 5 nitrogen and oxygen atoms in total. The molecule has 3 N–H and O–H groups in total. The molecule has 0 unspecified atom stereocenters. The highest BCUT2D eigenvalue weighted by molar-refractivity contribution is 9.09. The van der Waals surface area contributed by atoms with Crippen molar-refractivity contribution in [2.45, 2.75) is 11.3 Å². The lowest BCUT2D eigenvalue weighted by molar-refractivity contribution is 0.439. The summed E-state index contributed by atoms with van der Waals surface area (Å²) >= 11 is 8.97. The summed E-state index contributed by atoms with van der Waals surface area (Å²) < 4.78 is 26.1. The lowest BCUT2D eigenvalue weighted by Gasteiger charge is -2.21. The average Bonchev–Trinajstić information content (AvgIpc) is 2.34. The van der Waals surface area contributed by atoms with E-state index in [1.54, 1.807) is 0 Å². The van der Waals surface area contributed by atoms with Gasteiger partial charge in [0.05, 0.1) is 10.7 Å². The van der Waals surface area contributed by atoms with E-state index in [9.17, 15) is 8.42 Å². The summed E-state index contributed by atoms with van der Waals surface area (Å²) in [5.41, 5.74) is 5.27. The van der Waals surface area contributed by atoms with Crippen molar-refractivity contribution in [1.82, 2.24) is 4.31 Å². The normalized spacial score (nSPS) is 11.7. The van der Waals surface area contributed by atoms with Gasteiger partial charge in [-0.05, 0) is 24.3 Å². The van der Waals surface area contributed by atoms with E-state index >= 15 is 0 Å². The van der Waals surface area contributed by atoms with Crippen LogP contribution in [0.15, 0.2) is 29.2 Å². The van der Waals surface area contributed by atoms with Crippen molar-refractivity contribution in [3.63, 3.8) is 0 Å². The number of amidine groups is 1. The predicted octanol–water partition coefficient (Wildman–Crippen LogP) is 2.05. The fourth-order valence-corrected chi connectivity index (χ4v) is 3.68. The molecule has 8 heteroatoms. The van der Waals surface area contributed by atoms with E-state index in [4.69, 9.17) is 22.7 Å². The number of nitrogens with zero attached hydrogens (tertiary/aromatic N) is 1. The van der Waals surface area contributed by atoms with Crippen LogP contribution in [0, 0.1) is 5.41 Å². The van der Waals surface area contributed by atoms with Gasteiger partial charge < -0.3 is 5.73 Å². The minimum absolute atomic E-state index is 0.0362. The van der Waals surface area contributed by atoms with E-state index in [1.165, 1.54) is 28.6 Å². The molecule has 1 rings (SSSR count). The van der Waals surface area contributed by atoms with Gasteiger partial charge in [-0.2, -0.15) is 4.31 Å². The molecule has 106 valence electrons. The third-order valence-electron chi connectivity index (χ3n) is 2.42. The van der Waals surface area contributed by atoms with Crippen LogP contribution in [-0.2, 0) is 10.0 Å². The largest absolute Gasteiger partial charge is 0.388 e. The Kier molecular flexibility index (Phi) is 6.25. The van der Waals surface area contributed by atoms with Crippen molar-refractivity contribution >= 4 is 43.4 Å². The summed E-state index contributed by atoms with van der Waals surface area (Å²) in [6, 6.07) is 6.00. The van der Waals surface area contributed by atoms with Gasteiger partial charge in [0.2, 0.25) is 10.0 Å². The molecule has 0 aromatic heterocycles. The van der Waals surface area contributed by atoms with Crippen LogP contribution in [0.1, 0.15) is 6.42 Å². The molecule has 0 saturated heterocycles. The molecule has 0 radical (unpaired) electrons. The Morgan fingerprint density at radius 1 is 1.32 bits per heavy atom. The molecule has 0 saturated carbocycles. The highest BCUT2D eigenvalue weighted by atomic mass is 79.9. The number of hydrogen-bond acceptors (Lipinski definition) is 3. The Morgan fingerprint density at radius 3 is 2.37 bits per heavy atom. The van der Waals surface area contributed by atoms with Crippen molar-refractivity contribution in [1.29, 1.82) is 5.41 Å². The minimum Gasteiger partial charge on any atom is -0.388 e. The van der Waals surface area contributed by atoms with Crippen molar-refractivity contribution in [3.8, 4) is 0 Å². The number of nitrogens with one attached hydrogen (secondary N) is 1. The van der Waals surface area contributed by atoms with Gasteiger partial charge in [-0.25, -0.2) is 8.42 Å². The Balaban J connectivity index is 2.98. The molecule has 0 amide bonds. The van der Waals surface area contributed by atoms with E-state index in [1.807, 2.05) is 0 Å². The first-order chi connectivity index (χ1) is 8.87. The maximum atomic E-state index is 12.4. The SMILES string of the molecule is N=C(N)CCN(CCBr)S(=O)(=O)c1ccc(Cl)cc1. The molecular formula is C11H15BrClN3O2S. The first-order valence-corrected chi connectivity index (χ1v) is 8.46. The van der Waals surface area contributed by atoms with Gasteiger partial charge in [-0.1, -0.05) is 27.5 Å². The number of sulfonamides is 1. The van der Waals surface area contributed by atoms with E-state index in [0.29, 0.717) is 16.9 Å². The third-order valence-corrected chi connectivity index (χ3v) is 4.94. The topological polar surface area (TPSA) is 87.2 Å². The number of halogens is 2. The molecule has 19 heavy (non-hydrogen) atoms. The van der Waals surface area contributed by atoms with Gasteiger partial charge in [-0.3, -0.25) is 5.41 Å². The van der Waals surface area contributed by atoms with Gasteiger partial charge in [0.15, 0.2) is 0 Å². The van der Waals surface area contributed by atoms with Crippen LogP contribution in [0.25, 0.3) is 0 Å². The number of nitrogens with two attached hydrogens (primary N) is 1. The van der Waals surface area contributed by atoms with Crippen LogP contribution >= 0.6 is 27.5 Å². The second kappa shape index (κ2) is 7.23. The summed E-state index contributed by atoms with van der Waals surface area (Å²) in [6.45, 7) is 0.504. The van der Waals surface area contributed by atoms with E-state index < -0.39 is 10.0 Å². The molecule has 0 fully saturated rings. The fraction of sp³-hybridized carbons (Fsp3) is 0.364. The zero-order valence-electron chi connectivity index (χ0n) is 10.1. The molecular weight excluding hydrogens is 354 g/mol. The molecule has 1 aromatic rings. The predicted molar refractivity (Wildman–Crippen MR) is 80.5 cm³/mol. The summed E-state index contributed by atoms with van der Waals surface area (Å²) in [5.74, 6) is -0.0362. The maximum Gasteiger partial charge on any atom is 0.243 e.